The predicted molar refractivity (Wildman–Crippen MR) is 155 cm³/mol. The second-order valence-electron chi connectivity index (χ2n) is 8.65. The molecule has 1 saturated heterocycles. The van der Waals surface area contributed by atoms with Crippen LogP contribution in [0, 0.1) is 20.8 Å². The molecule has 0 bridgehead atoms. The molecule has 0 saturated carbocycles. The largest absolute Gasteiger partial charge is 0.484 e. The molecule has 7 nitrogen and oxygen atoms in total. The highest BCUT2D eigenvalue weighted by Crippen LogP contribution is 2.32. The molecule has 194 valence electrons. The molecule has 0 unspecified atom stereocenters. The van der Waals surface area contributed by atoms with Gasteiger partial charge in [0.2, 0.25) is 0 Å². The van der Waals surface area contributed by atoms with E-state index in [-0.39, 0.29) is 27.4 Å². The van der Waals surface area contributed by atoms with E-state index < -0.39 is 11.8 Å². The summed E-state index contributed by atoms with van der Waals surface area (Å²) in [6.45, 7) is 5.72. The van der Waals surface area contributed by atoms with Crippen LogP contribution in [0.1, 0.15) is 32.6 Å². The third kappa shape index (κ3) is 6.61. The summed E-state index contributed by atoms with van der Waals surface area (Å²) in [7, 11) is 0. The second-order valence-corrected chi connectivity index (χ2v) is 10.7. The first-order valence-corrected chi connectivity index (χ1v) is 13.2. The molecule has 10 heteroatoms. The van der Waals surface area contributed by atoms with Gasteiger partial charge in [-0.3, -0.25) is 19.8 Å². The van der Waals surface area contributed by atoms with Crippen LogP contribution in [0.2, 0.25) is 5.02 Å². The van der Waals surface area contributed by atoms with Gasteiger partial charge in [-0.15, -0.1) is 0 Å². The molecule has 1 aliphatic rings. The Hall–Kier alpha value is -3.66. The van der Waals surface area contributed by atoms with Crippen LogP contribution in [-0.4, -0.2) is 33.7 Å². The van der Waals surface area contributed by atoms with E-state index >= 15 is 0 Å². The summed E-state index contributed by atoms with van der Waals surface area (Å²) in [5.74, 6) is -0.738. The minimum Gasteiger partial charge on any atom is -0.484 e. The first kappa shape index (κ1) is 27.4. The van der Waals surface area contributed by atoms with Crippen LogP contribution in [0.15, 0.2) is 65.6 Å². The Morgan fingerprint density at radius 2 is 1.76 bits per heavy atom. The van der Waals surface area contributed by atoms with Crippen LogP contribution < -0.4 is 15.5 Å². The molecule has 3 aromatic rings. The highest BCUT2D eigenvalue weighted by atomic mass is 35.5. The van der Waals surface area contributed by atoms with Gasteiger partial charge in [0, 0.05) is 5.69 Å². The Bertz CT molecular complexity index is 1470. The lowest BCUT2D eigenvalue weighted by Crippen LogP contribution is -2.44. The minimum atomic E-state index is -0.532. The van der Waals surface area contributed by atoms with E-state index in [2.05, 4.69) is 10.7 Å². The summed E-state index contributed by atoms with van der Waals surface area (Å²) in [6, 6.07) is 17.7. The summed E-state index contributed by atoms with van der Waals surface area (Å²) in [5.41, 5.74) is 7.37. The number of nitrogens with one attached hydrogen (secondary N) is 2. The van der Waals surface area contributed by atoms with Crippen molar-refractivity contribution in [1.29, 1.82) is 0 Å². The predicted octanol–water partition coefficient (Wildman–Crippen LogP) is 5.83. The van der Waals surface area contributed by atoms with Crippen molar-refractivity contribution in [1.82, 2.24) is 10.4 Å². The number of amides is 3. The average molecular weight is 566 g/mol. The minimum absolute atomic E-state index is 0.143. The average Bonchev–Trinajstić information content (AvgIpc) is 3.13. The first-order valence-electron chi connectivity index (χ1n) is 11.6. The van der Waals surface area contributed by atoms with Gasteiger partial charge in [0.05, 0.1) is 15.5 Å². The molecule has 0 atom stereocenters. The fourth-order valence-corrected chi connectivity index (χ4v) is 5.01. The zero-order valence-electron chi connectivity index (χ0n) is 20.8. The number of benzene rings is 3. The molecule has 0 spiro atoms. The maximum absolute atomic E-state index is 12.9. The zero-order chi connectivity index (χ0) is 27.4. The molecule has 0 aliphatic carbocycles. The Kier molecular flexibility index (Phi) is 8.51. The van der Waals surface area contributed by atoms with Gasteiger partial charge in [0.1, 0.15) is 5.75 Å². The number of aryl methyl sites for hydroxylation is 3. The Morgan fingerprint density at radius 3 is 2.45 bits per heavy atom. The van der Waals surface area contributed by atoms with Crippen LogP contribution >= 0.6 is 35.6 Å². The third-order valence-corrected chi connectivity index (χ3v) is 7.33. The molecule has 1 heterocycles. The molecule has 0 aromatic heterocycles. The smallest absolute Gasteiger partial charge is 0.285 e. The van der Waals surface area contributed by atoms with Gasteiger partial charge >= 0.3 is 0 Å². The molecular weight excluding hydrogens is 542 g/mol. The van der Waals surface area contributed by atoms with Crippen molar-refractivity contribution < 1.29 is 19.1 Å². The Balaban J connectivity index is 1.34. The number of thiocarbonyl (C=S) groups is 1. The van der Waals surface area contributed by atoms with Gasteiger partial charge in [0.15, 0.2) is 10.9 Å². The number of thioether (sulfide) groups is 1. The zero-order valence-corrected chi connectivity index (χ0v) is 23.2. The van der Waals surface area contributed by atoms with Crippen LogP contribution in [0.4, 0.5) is 5.69 Å². The van der Waals surface area contributed by atoms with Crippen molar-refractivity contribution in [3.05, 3.63) is 98.4 Å². The van der Waals surface area contributed by atoms with Crippen LogP contribution in [0.3, 0.4) is 0 Å². The summed E-state index contributed by atoms with van der Waals surface area (Å²) >= 11 is 12.5. The fourth-order valence-electron chi connectivity index (χ4n) is 3.51. The topological polar surface area (TPSA) is 87.7 Å². The number of hydrogen-bond donors (Lipinski definition) is 2. The first-order chi connectivity index (χ1) is 18.1. The Labute approximate surface area is 235 Å². The molecule has 3 amide bonds. The molecule has 1 aliphatic heterocycles. The quantitative estimate of drug-likeness (QED) is 0.277. The number of ether oxygens (including phenoxy) is 1. The van der Waals surface area contributed by atoms with Gasteiger partial charge < -0.3 is 10.1 Å². The molecule has 1 fully saturated rings. The molecule has 0 radical (unpaired) electrons. The maximum Gasteiger partial charge on any atom is 0.285 e. The van der Waals surface area contributed by atoms with Crippen LogP contribution in [0.25, 0.3) is 6.08 Å². The number of carbonyl (C=O) groups is 3. The van der Waals surface area contributed by atoms with Crippen molar-refractivity contribution in [3.8, 4) is 5.75 Å². The van der Waals surface area contributed by atoms with Crippen molar-refractivity contribution in [3.63, 3.8) is 0 Å². The van der Waals surface area contributed by atoms with Crippen LogP contribution in [-0.2, 0) is 9.59 Å². The summed E-state index contributed by atoms with van der Waals surface area (Å²) < 4.78 is 5.79. The van der Waals surface area contributed by atoms with E-state index in [0.717, 1.165) is 39.0 Å². The summed E-state index contributed by atoms with van der Waals surface area (Å²) in [4.78, 5) is 38.1. The number of hydrazine groups is 1. The van der Waals surface area contributed by atoms with Gasteiger partial charge in [-0.25, -0.2) is 0 Å². The SMILES string of the molecule is Cc1ccc(C(=O)NN2C(=O)/C(=C/c3ccc(OCC(=O)Nc4ccc(C)c(C)c4)cc3)SC2=S)c(Cl)c1. The van der Waals surface area contributed by atoms with Gasteiger partial charge in [-0.1, -0.05) is 47.6 Å². The van der Waals surface area contributed by atoms with Crippen LogP contribution in [0.5, 0.6) is 5.75 Å². The highest BCUT2D eigenvalue weighted by molar-refractivity contribution is 8.26. The monoisotopic (exact) mass is 565 g/mol. The number of rotatable bonds is 7. The number of anilines is 1. The van der Waals surface area contributed by atoms with E-state index in [1.54, 1.807) is 48.5 Å². The van der Waals surface area contributed by atoms with E-state index in [9.17, 15) is 14.4 Å². The van der Waals surface area contributed by atoms with Gasteiger partial charge in [0.25, 0.3) is 17.7 Å². The molecule has 2 N–H and O–H groups in total. The third-order valence-electron chi connectivity index (χ3n) is 5.71. The van der Waals surface area contributed by atoms with Crippen molar-refractivity contribution in [2.75, 3.05) is 11.9 Å². The van der Waals surface area contributed by atoms with Gasteiger partial charge in [-0.2, -0.15) is 5.01 Å². The molecular formula is C28H24ClN3O4S2. The number of hydrogen-bond acceptors (Lipinski definition) is 6. The fraction of sp³-hybridized carbons (Fsp3) is 0.143. The summed E-state index contributed by atoms with van der Waals surface area (Å²) in [6.07, 6.45) is 1.67. The lowest BCUT2D eigenvalue weighted by atomic mass is 10.1. The second kappa shape index (κ2) is 11.8. The normalized spacial score (nSPS) is 14.1. The lowest BCUT2D eigenvalue weighted by Gasteiger charge is -2.16. The lowest BCUT2D eigenvalue weighted by molar-refractivity contribution is -0.123. The number of halogens is 1. The van der Waals surface area contributed by atoms with Crippen molar-refractivity contribution in [2.45, 2.75) is 20.8 Å². The molecule has 4 rings (SSSR count). The molecule has 3 aromatic carbocycles. The summed E-state index contributed by atoms with van der Waals surface area (Å²) in [5, 5.41) is 4.14. The van der Waals surface area contributed by atoms with E-state index in [1.165, 1.54) is 0 Å². The molecule has 38 heavy (non-hydrogen) atoms. The highest BCUT2D eigenvalue weighted by Gasteiger charge is 2.34. The van der Waals surface area contributed by atoms with E-state index in [1.807, 2.05) is 39.0 Å². The van der Waals surface area contributed by atoms with E-state index in [4.69, 9.17) is 28.6 Å². The van der Waals surface area contributed by atoms with Crippen molar-refractivity contribution >= 4 is 69.4 Å². The van der Waals surface area contributed by atoms with Gasteiger partial charge in [-0.05, 0) is 97.7 Å². The standard InChI is InChI=1S/C28H24ClN3O4S2/c1-16-4-11-22(23(29)12-16)26(34)31-32-27(35)24(38-28(32)37)14-19-6-9-21(10-7-19)36-15-25(33)30-20-8-5-17(2)18(3)13-20/h4-14H,15H2,1-3H3,(H,30,33)(H,31,34)/b24-14-. The number of carbonyl (C=O) groups excluding carboxylic acids is 3. The van der Waals surface area contributed by atoms with E-state index in [0.29, 0.717) is 16.3 Å². The number of nitrogens with zero attached hydrogens (tertiary/aromatic N) is 1. The van der Waals surface area contributed by atoms with Crippen molar-refractivity contribution in [2.24, 2.45) is 0 Å². The maximum atomic E-state index is 12.9. The Morgan fingerprint density at radius 1 is 1.03 bits per heavy atom.